The Labute approximate surface area is 84.5 Å². The van der Waals surface area contributed by atoms with Gasteiger partial charge in [0.1, 0.15) is 0 Å². The van der Waals surface area contributed by atoms with Gasteiger partial charge in [-0.05, 0) is 17.2 Å². The van der Waals surface area contributed by atoms with Crippen molar-refractivity contribution in [2.24, 2.45) is 5.73 Å². The summed E-state index contributed by atoms with van der Waals surface area (Å²) < 4.78 is 5.40. The van der Waals surface area contributed by atoms with E-state index in [1.54, 1.807) is 0 Å². The molecule has 0 spiro atoms. The molecule has 0 fully saturated rings. The van der Waals surface area contributed by atoms with Crippen LogP contribution in [0.4, 0.5) is 5.69 Å². The first-order chi connectivity index (χ1) is 6.70. The Hall–Kier alpha value is -1.06. The van der Waals surface area contributed by atoms with E-state index in [0.717, 1.165) is 0 Å². The van der Waals surface area contributed by atoms with E-state index in [9.17, 15) is 0 Å². The lowest BCUT2D eigenvalue weighted by Gasteiger charge is -2.28. The topological polar surface area (TPSA) is 38.5 Å². The minimum absolute atomic E-state index is 0.0114. The van der Waals surface area contributed by atoms with Crippen LogP contribution in [0, 0.1) is 0 Å². The van der Waals surface area contributed by atoms with Crippen LogP contribution in [0.15, 0.2) is 18.2 Å². The zero-order valence-electron chi connectivity index (χ0n) is 8.66. The number of benzene rings is 1. The highest BCUT2D eigenvalue weighted by molar-refractivity contribution is 5.57. The third-order valence-electron chi connectivity index (χ3n) is 2.58. The standard InChI is InChI=1S/C11H16N2O/c1-13(2)10-5-3-4-8-6-14-7-9(12)11(8)10/h3-5,9H,6-7,12H2,1-2H3/t9-/m1/s1. The lowest BCUT2D eigenvalue weighted by atomic mass is 9.97. The van der Waals surface area contributed by atoms with Crippen molar-refractivity contribution in [1.82, 2.24) is 0 Å². The SMILES string of the molecule is CN(C)c1cccc2c1[C@H](N)COC2. The fraction of sp³-hybridized carbons (Fsp3) is 0.455. The van der Waals surface area contributed by atoms with E-state index in [1.165, 1.54) is 16.8 Å². The van der Waals surface area contributed by atoms with Gasteiger partial charge >= 0.3 is 0 Å². The molecule has 76 valence electrons. The fourth-order valence-corrected chi connectivity index (χ4v) is 1.92. The van der Waals surface area contributed by atoms with Gasteiger partial charge in [-0.3, -0.25) is 0 Å². The number of nitrogens with zero attached hydrogens (tertiary/aromatic N) is 1. The van der Waals surface area contributed by atoms with Crippen molar-refractivity contribution in [3.05, 3.63) is 29.3 Å². The molecule has 3 nitrogen and oxygen atoms in total. The Bertz CT molecular complexity index is 336. The van der Waals surface area contributed by atoms with E-state index in [-0.39, 0.29) is 6.04 Å². The van der Waals surface area contributed by atoms with Crippen molar-refractivity contribution in [2.45, 2.75) is 12.6 Å². The quantitative estimate of drug-likeness (QED) is 0.728. The third-order valence-corrected chi connectivity index (χ3v) is 2.58. The summed E-state index contributed by atoms with van der Waals surface area (Å²) in [5.41, 5.74) is 9.70. The molecule has 0 aromatic heterocycles. The van der Waals surface area contributed by atoms with Gasteiger partial charge in [-0.25, -0.2) is 0 Å². The summed E-state index contributed by atoms with van der Waals surface area (Å²) >= 11 is 0. The molecule has 2 rings (SSSR count). The molecule has 1 aliphatic rings. The van der Waals surface area contributed by atoms with Crippen LogP contribution in [0.1, 0.15) is 17.2 Å². The molecule has 1 aromatic carbocycles. The fourth-order valence-electron chi connectivity index (χ4n) is 1.92. The molecule has 0 amide bonds. The van der Waals surface area contributed by atoms with E-state index in [1.807, 2.05) is 14.1 Å². The lowest BCUT2D eigenvalue weighted by molar-refractivity contribution is 0.0926. The number of hydrogen-bond donors (Lipinski definition) is 1. The van der Waals surface area contributed by atoms with Crippen LogP contribution in [-0.2, 0) is 11.3 Å². The zero-order valence-corrected chi connectivity index (χ0v) is 8.66. The first-order valence-electron chi connectivity index (χ1n) is 4.82. The minimum Gasteiger partial charge on any atom is -0.377 e. The maximum Gasteiger partial charge on any atom is 0.0721 e. The number of ether oxygens (including phenoxy) is 1. The van der Waals surface area contributed by atoms with E-state index >= 15 is 0 Å². The van der Waals surface area contributed by atoms with Gasteiger partial charge in [0, 0.05) is 19.8 Å². The second-order valence-electron chi connectivity index (χ2n) is 3.87. The van der Waals surface area contributed by atoms with E-state index in [4.69, 9.17) is 10.5 Å². The van der Waals surface area contributed by atoms with Gasteiger partial charge in [-0.15, -0.1) is 0 Å². The number of hydrogen-bond acceptors (Lipinski definition) is 3. The second-order valence-corrected chi connectivity index (χ2v) is 3.87. The molecular formula is C11H16N2O. The summed E-state index contributed by atoms with van der Waals surface area (Å²) in [4.78, 5) is 2.10. The van der Waals surface area contributed by atoms with Crippen LogP contribution in [0.5, 0.6) is 0 Å². The number of anilines is 1. The van der Waals surface area contributed by atoms with E-state index < -0.39 is 0 Å². The molecule has 0 saturated heterocycles. The molecule has 14 heavy (non-hydrogen) atoms. The van der Waals surface area contributed by atoms with Gasteiger partial charge in [0.2, 0.25) is 0 Å². The van der Waals surface area contributed by atoms with Gasteiger partial charge in [0.15, 0.2) is 0 Å². The van der Waals surface area contributed by atoms with Crippen LogP contribution in [-0.4, -0.2) is 20.7 Å². The highest BCUT2D eigenvalue weighted by Gasteiger charge is 2.20. The Kier molecular flexibility index (Phi) is 2.44. The first-order valence-corrected chi connectivity index (χ1v) is 4.82. The van der Waals surface area contributed by atoms with Crippen LogP contribution in [0.3, 0.4) is 0 Å². The predicted molar refractivity (Wildman–Crippen MR) is 57.4 cm³/mol. The molecular weight excluding hydrogens is 176 g/mol. The van der Waals surface area contributed by atoms with Crippen LogP contribution >= 0.6 is 0 Å². The molecule has 0 unspecified atom stereocenters. The largest absolute Gasteiger partial charge is 0.377 e. The second kappa shape index (κ2) is 3.59. The van der Waals surface area contributed by atoms with Gasteiger partial charge < -0.3 is 15.4 Å². The first kappa shape index (κ1) is 9.49. The van der Waals surface area contributed by atoms with Crippen molar-refractivity contribution in [1.29, 1.82) is 0 Å². The Morgan fingerprint density at radius 2 is 2.21 bits per heavy atom. The summed E-state index contributed by atoms with van der Waals surface area (Å²) in [6.07, 6.45) is 0. The monoisotopic (exact) mass is 192 g/mol. The highest BCUT2D eigenvalue weighted by Crippen LogP contribution is 2.31. The van der Waals surface area contributed by atoms with Crippen LogP contribution in [0.25, 0.3) is 0 Å². The lowest BCUT2D eigenvalue weighted by Crippen LogP contribution is -2.26. The average molecular weight is 192 g/mol. The molecule has 1 aliphatic heterocycles. The normalized spacial score (nSPS) is 20.4. The summed E-state index contributed by atoms with van der Waals surface area (Å²) in [5, 5.41) is 0. The average Bonchev–Trinajstić information content (AvgIpc) is 2.17. The molecule has 1 heterocycles. The summed E-state index contributed by atoms with van der Waals surface area (Å²) in [5.74, 6) is 0. The van der Waals surface area contributed by atoms with Crippen LogP contribution in [0.2, 0.25) is 0 Å². The molecule has 0 bridgehead atoms. The van der Waals surface area contributed by atoms with Crippen molar-refractivity contribution < 1.29 is 4.74 Å². The Morgan fingerprint density at radius 1 is 1.43 bits per heavy atom. The van der Waals surface area contributed by atoms with Gasteiger partial charge in [-0.1, -0.05) is 12.1 Å². The summed E-state index contributed by atoms with van der Waals surface area (Å²) in [6.45, 7) is 1.31. The number of nitrogens with two attached hydrogens (primary N) is 1. The van der Waals surface area contributed by atoms with E-state index in [2.05, 4.69) is 23.1 Å². The van der Waals surface area contributed by atoms with Crippen LogP contribution < -0.4 is 10.6 Å². The Morgan fingerprint density at radius 3 is 2.93 bits per heavy atom. The molecule has 0 aliphatic carbocycles. The number of fused-ring (bicyclic) bond motifs is 1. The van der Waals surface area contributed by atoms with Crippen molar-refractivity contribution in [2.75, 3.05) is 25.6 Å². The molecule has 0 saturated carbocycles. The van der Waals surface area contributed by atoms with Crippen molar-refractivity contribution in [3.63, 3.8) is 0 Å². The highest BCUT2D eigenvalue weighted by atomic mass is 16.5. The molecule has 1 atom stereocenters. The third kappa shape index (κ3) is 1.49. The Balaban J connectivity index is 2.52. The van der Waals surface area contributed by atoms with E-state index in [0.29, 0.717) is 13.2 Å². The number of rotatable bonds is 1. The van der Waals surface area contributed by atoms with Gasteiger partial charge in [0.25, 0.3) is 0 Å². The maximum atomic E-state index is 6.03. The minimum atomic E-state index is 0.0114. The molecule has 2 N–H and O–H groups in total. The van der Waals surface area contributed by atoms with Crippen molar-refractivity contribution >= 4 is 5.69 Å². The van der Waals surface area contributed by atoms with Gasteiger partial charge in [-0.2, -0.15) is 0 Å². The summed E-state index contributed by atoms with van der Waals surface area (Å²) in [7, 11) is 4.08. The molecule has 0 radical (unpaired) electrons. The maximum absolute atomic E-state index is 6.03. The summed E-state index contributed by atoms with van der Waals surface area (Å²) in [6, 6.07) is 6.25. The zero-order chi connectivity index (χ0) is 10.1. The molecule has 3 heteroatoms. The van der Waals surface area contributed by atoms with Gasteiger partial charge in [0.05, 0.1) is 19.3 Å². The smallest absolute Gasteiger partial charge is 0.0721 e. The predicted octanol–water partition coefficient (Wildman–Crippen LogP) is 1.28. The van der Waals surface area contributed by atoms with Crippen molar-refractivity contribution in [3.8, 4) is 0 Å². The molecule has 1 aromatic rings.